The fraction of sp³-hybridized carbons (Fsp3) is 0.500. The van der Waals surface area contributed by atoms with E-state index in [1.807, 2.05) is 13.0 Å². The number of amides is 1. The largest absolute Gasteiger partial charge is 0.324 e. The summed E-state index contributed by atoms with van der Waals surface area (Å²) in [5.41, 5.74) is 1.17. The number of nitrogens with one attached hydrogen (secondary N) is 1. The van der Waals surface area contributed by atoms with Gasteiger partial charge in [-0.2, -0.15) is 0 Å². The monoisotopic (exact) mass is 274 g/mol. The van der Waals surface area contributed by atoms with Gasteiger partial charge in [-0.15, -0.1) is 0 Å². The van der Waals surface area contributed by atoms with Crippen LogP contribution in [0.2, 0.25) is 0 Å². The van der Waals surface area contributed by atoms with E-state index in [9.17, 15) is 9.59 Å². The zero-order valence-electron chi connectivity index (χ0n) is 12.2. The molecule has 108 valence electrons. The Morgan fingerprint density at radius 3 is 2.45 bits per heavy atom. The topological polar surface area (TPSA) is 49.4 Å². The van der Waals surface area contributed by atoms with Crippen molar-refractivity contribution >= 4 is 17.4 Å². The highest BCUT2D eigenvalue weighted by Gasteiger charge is 2.23. The van der Waals surface area contributed by atoms with Gasteiger partial charge in [-0.1, -0.05) is 18.6 Å². The van der Waals surface area contributed by atoms with Crippen LogP contribution >= 0.6 is 0 Å². The maximum absolute atomic E-state index is 12.3. The quantitative estimate of drug-likeness (QED) is 0.859. The van der Waals surface area contributed by atoms with Crippen LogP contribution in [-0.4, -0.2) is 35.7 Å². The van der Waals surface area contributed by atoms with Crippen LogP contribution < -0.4 is 5.32 Å². The van der Waals surface area contributed by atoms with E-state index in [0.717, 1.165) is 25.9 Å². The summed E-state index contributed by atoms with van der Waals surface area (Å²) in [6.45, 7) is 5.39. The average molecular weight is 274 g/mol. The number of hydrogen-bond donors (Lipinski definition) is 1. The number of carbonyl (C=O) groups is 2. The molecule has 1 N–H and O–H groups in total. The van der Waals surface area contributed by atoms with Crippen LogP contribution in [0.4, 0.5) is 5.69 Å². The van der Waals surface area contributed by atoms with Crippen LogP contribution in [0.3, 0.4) is 0 Å². The zero-order chi connectivity index (χ0) is 14.5. The lowest BCUT2D eigenvalue weighted by Crippen LogP contribution is -2.44. The molecule has 1 atom stereocenters. The molecule has 2 rings (SSSR count). The van der Waals surface area contributed by atoms with Gasteiger partial charge >= 0.3 is 0 Å². The van der Waals surface area contributed by atoms with Crippen LogP contribution in [0.25, 0.3) is 0 Å². The molecule has 0 bridgehead atoms. The first-order valence-electron chi connectivity index (χ1n) is 7.24. The van der Waals surface area contributed by atoms with E-state index in [-0.39, 0.29) is 17.7 Å². The molecule has 4 heteroatoms. The van der Waals surface area contributed by atoms with Gasteiger partial charge in [0.25, 0.3) is 0 Å². The summed E-state index contributed by atoms with van der Waals surface area (Å²) in [5.74, 6) is -0.0767. The summed E-state index contributed by atoms with van der Waals surface area (Å²) in [4.78, 5) is 26.1. The maximum atomic E-state index is 12.3. The smallest absolute Gasteiger partial charge is 0.241 e. The molecule has 0 radical (unpaired) electrons. The van der Waals surface area contributed by atoms with E-state index in [4.69, 9.17) is 0 Å². The summed E-state index contributed by atoms with van der Waals surface area (Å²) in [6, 6.07) is 6.99. The van der Waals surface area contributed by atoms with Crippen molar-refractivity contribution in [3.05, 3.63) is 29.8 Å². The van der Waals surface area contributed by atoms with Gasteiger partial charge in [-0.25, -0.2) is 0 Å². The molecule has 4 nitrogen and oxygen atoms in total. The number of Topliss-reactive ketones (excluding diaryl/α,β-unsaturated/α-hetero) is 1. The molecule has 0 saturated carbocycles. The summed E-state index contributed by atoms with van der Waals surface area (Å²) >= 11 is 0. The highest BCUT2D eigenvalue weighted by atomic mass is 16.2. The number of carbonyl (C=O) groups excluding carboxylic acids is 2. The van der Waals surface area contributed by atoms with E-state index in [0.29, 0.717) is 11.3 Å². The van der Waals surface area contributed by atoms with Crippen molar-refractivity contribution in [2.45, 2.75) is 39.2 Å². The molecule has 1 aliphatic rings. The predicted octanol–water partition coefficient (Wildman–Crippen LogP) is 2.70. The first-order chi connectivity index (χ1) is 9.59. The molecule has 1 aliphatic heterocycles. The fourth-order valence-corrected chi connectivity index (χ4v) is 2.61. The molecule has 0 spiro atoms. The minimum Gasteiger partial charge on any atom is -0.324 e. The van der Waals surface area contributed by atoms with E-state index in [1.165, 1.54) is 13.3 Å². The molecular formula is C16H22N2O2. The summed E-state index contributed by atoms with van der Waals surface area (Å²) < 4.78 is 0. The van der Waals surface area contributed by atoms with Gasteiger partial charge in [0.2, 0.25) is 5.91 Å². The van der Waals surface area contributed by atoms with Crippen LogP contribution in [-0.2, 0) is 4.79 Å². The van der Waals surface area contributed by atoms with Crippen molar-refractivity contribution < 1.29 is 9.59 Å². The van der Waals surface area contributed by atoms with Crippen molar-refractivity contribution in [2.24, 2.45) is 0 Å². The lowest BCUT2D eigenvalue weighted by Gasteiger charge is -2.31. The Morgan fingerprint density at radius 1 is 1.15 bits per heavy atom. The van der Waals surface area contributed by atoms with Gasteiger partial charge in [0.1, 0.15) is 0 Å². The van der Waals surface area contributed by atoms with E-state index in [2.05, 4.69) is 10.2 Å². The van der Waals surface area contributed by atoms with Gasteiger partial charge in [-0.05, 0) is 51.9 Å². The van der Waals surface area contributed by atoms with Crippen LogP contribution in [0.1, 0.15) is 43.5 Å². The van der Waals surface area contributed by atoms with Crippen molar-refractivity contribution in [2.75, 3.05) is 18.4 Å². The first-order valence-corrected chi connectivity index (χ1v) is 7.24. The number of anilines is 1. The molecule has 1 saturated heterocycles. The Kier molecular flexibility index (Phi) is 4.90. The number of ketones is 1. The number of rotatable bonds is 4. The summed E-state index contributed by atoms with van der Waals surface area (Å²) in [6.07, 6.45) is 3.56. The first kappa shape index (κ1) is 14.7. The van der Waals surface area contributed by atoms with E-state index < -0.39 is 0 Å². The number of piperidine rings is 1. The standard InChI is InChI=1S/C16H22N2O2/c1-12(18-10-6-3-7-11-18)16(20)17-15-9-5-4-8-14(15)13(2)19/h4-5,8-9,12H,3,6-7,10-11H2,1-2H3,(H,17,20)/t12-/m1/s1. The van der Waals surface area contributed by atoms with Crippen molar-refractivity contribution in [3.63, 3.8) is 0 Å². The molecule has 1 aromatic carbocycles. The fourth-order valence-electron chi connectivity index (χ4n) is 2.61. The average Bonchev–Trinajstić information content (AvgIpc) is 2.47. The molecule has 1 heterocycles. The SMILES string of the molecule is CC(=O)c1ccccc1NC(=O)[C@@H](C)N1CCCCC1. The Hall–Kier alpha value is -1.68. The molecule has 0 aliphatic carbocycles. The minimum atomic E-state index is -0.157. The Labute approximate surface area is 120 Å². The van der Waals surface area contributed by atoms with Gasteiger partial charge in [0.05, 0.1) is 11.7 Å². The van der Waals surface area contributed by atoms with Gasteiger partial charge in [-0.3, -0.25) is 14.5 Å². The predicted molar refractivity (Wildman–Crippen MR) is 80.0 cm³/mol. The normalized spacial score (nSPS) is 17.5. The van der Waals surface area contributed by atoms with Crippen molar-refractivity contribution in [1.82, 2.24) is 4.90 Å². The second kappa shape index (κ2) is 6.66. The number of para-hydroxylation sites is 1. The second-order valence-corrected chi connectivity index (χ2v) is 5.36. The number of likely N-dealkylation sites (tertiary alicyclic amines) is 1. The number of nitrogens with zero attached hydrogens (tertiary/aromatic N) is 1. The third kappa shape index (κ3) is 3.45. The molecule has 1 fully saturated rings. The summed E-state index contributed by atoms with van der Waals surface area (Å²) in [5, 5.41) is 2.89. The third-order valence-electron chi connectivity index (χ3n) is 3.88. The van der Waals surface area contributed by atoms with Crippen LogP contribution in [0.15, 0.2) is 24.3 Å². The Balaban J connectivity index is 2.05. The van der Waals surface area contributed by atoms with Gasteiger partial charge in [0.15, 0.2) is 5.78 Å². The minimum absolute atomic E-state index is 0.0356. The lowest BCUT2D eigenvalue weighted by molar-refractivity contribution is -0.121. The maximum Gasteiger partial charge on any atom is 0.241 e. The molecular weight excluding hydrogens is 252 g/mol. The zero-order valence-corrected chi connectivity index (χ0v) is 12.2. The molecule has 0 unspecified atom stereocenters. The molecule has 1 aromatic rings. The Morgan fingerprint density at radius 2 is 1.80 bits per heavy atom. The summed E-state index contributed by atoms with van der Waals surface area (Å²) in [7, 11) is 0. The van der Waals surface area contributed by atoms with Crippen LogP contribution in [0.5, 0.6) is 0 Å². The van der Waals surface area contributed by atoms with Crippen molar-refractivity contribution in [3.8, 4) is 0 Å². The number of hydrogen-bond acceptors (Lipinski definition) is 3. The lowest BCUT2D eigenvalue weighted by atomic mass is 10.1. The Bertz CT molecular complexity index is 493. The highest BCUT2D eigenvalue weighted by molar-refractivity contribution is 6.04. The van der Waals surface area contributed by atoms with Gasteiger partial charge in [0, 0.05) is 5.56 Å². The highest BCUT2D eigenvalue weighted by Crippen LogP contribution is 2.18. The molecule has 20 heavy (non-hydrogen) atoms. The van der Waals surface area contributed by atoms with Crippen molar-refractivity contribution in [1.29, 1.82) is 0 Å². The van der Waals surface area contributed by atoms with Crippen LogP contribution in [0, 0.1) is 0 Å². The van der Waals surface area contributed by atoms with E-state index in [1.54, 1.807) is 18.2 Å². The molecule has 1 amide bonds. The third-order valence-corrected chi connectivity index (χ3v) is 3.88. The second-order valence-electron chi connectivity index (χ2n) is 5.36. The number of benzene rings is 1. The van der Waals surface area contributed by atoms with Gasteiger partial charge < -0.3 is 5.32 Å². The van der Waals surface area contributed by atoms with E-state index >= 15 is 0 Å². The molecule has 0 aromatic heterocycles.